The number of carbonyl (C=O) groups is 1. The molecular formula is C22H32O3S. The zero-order valence-electron chi connectivity index (χ0n) is 16.9. The van der Waals surface area contributed by atoms with Gasteiger partial charge in [-0.15, -0.1) is 0 Å². The topological polar surface area (TPSA) is 43.4 Å². The number of ether oxygens (including phenoxy) is 1. The summed E-state index contributed by atoms with van der Waals surface area (Å²) in [4.78, 5) is 11.0. The number of hydrogen-bond donors (Lipinski definition) is 0. The quantitative estimate of drug-likeness (QED) is 0.384. The van der Waals surface area contributed by atoms with E-state index in [-0.39, 0.29) is 28.5 Å². The minimum atomic E-state index is -1.09. The van der Waals surface area contributed by atoms with Crippen LogP contribution in [0.25, 0.3) is 0 Å². The lowest BCUT2D eigenvalue weighted by molar-refractivity contribution is -0.140. The predicted molar refractivity (Wildman–Crippen MR) is 109 cm³/mol. The molecule has 0 N–H and O–H groups in total. The molecule has 0 aromatic carbocycles. The lowest BCUT2D eigenvalue weighted by atomic mass is 9.72. The van der Waals surface area contributed by atoms with Gasteiger partial charge in [-0.3, -0.25) is 9.00 Å². The van der Waals surface area contributed by atoms with Crippen LogP contribution >= 0.6 is 0 Å². The van der Waals surface area contributed by atoms with E-state index in [1.54, 1.807) is 0 Å². The van der Waals surface area contributed by atoms with Gasteiger partial charge in [0.25, 0.3) is 0 Å². The van der Waals surface area contributed by atoms with E-state index in [0.29, 0.717) is 0 Å². The Morgan fingerprint density at radius 2 is 2.04 bits per heavy atom. The zero-order chi connectivity index (χ0) is 19.5. The molecule has 3 nitrogen and oxygen atoms in total. The molecule has 1 aliphatic carbocycles. The van der Waals surface area contributed by atoms with Crippen LogP contribution in [0.5, 0.6) is 0 Å². The first kappa shape index (κ1) is 20.9. The Bertz CT molecular complexity index is 707. The second-order valence-electron chi connectivity index (χ2n) is 8.17. The first-order chi connectivity index (χ1) is 12.1. The van der Waals surface area contributed by atoms with Crippen LogP contribution in [0.1, 0.15) is 60.8 Å². The summed E-state index contributed by atoms with van der Waals surface area (Å²) < 4.78 is 17.8. The normalized spacial score (nSPS) is 29.2. The SMILES string of the molecule is CC(=O)OCC1C(C)=CC(/C=C(C)/C=C/C2=C(C)CCCC2(C)C)S1=O. The summed E-state index contributed by atoms with van der Waals surface area (Å²) in [5.41, 5.74) is 5.29. The fraction of sp³-hybridized carbons (Fsp3) is 0.591. The molecule has 0 fully saturated rings. The molecule has 3 atom stereocenters. The van der Waals surface area contributed by atoms with Crippen LogP contribution in [-0.4, -0.2) is 27.3 Å². The molecule has 0 radical (unpaired) electrons. The summed E-state index contributed by atoms with van der Waals surface area (Å²) in [5.74, 6) is -0.327. The Kier molecular flexibility index (Phi) is 6.84. The van der Waals surface area contributed by atoms with E-state index in [4.69, 9.17) is 4.74 Å². The second kappa shape index (κ2) is 8.51. The lowest BCUT2D eigenvalue weighted by Gasteiger charge is -2.33. The first-order valence-electron chi connectivity index (χ1n) is 9.39. The molecule has 0 aromatic rings. The molecule has 2 rings (SSSR count). The lowest BCUT2D eigenvalue weighted by Crippen LogP contribution is -2.24. The summed E-state index contributed by atoms with van der Waals surface area (Å²) >= 11 is 0. The largest absolute Gasteiger partial charge is 0.464 e. The van der Waals surface area contributed by atoms with E-state index in [9.17, 15) is 9.00 Å². The Labute approximate surface area is 160 Å². The highest BCUT2D eigenvalue weighted by Gasteiger charge is 2.31. The third-order valence-corrected chi connectivity index (χ3v) is 7.28. The maximum atomic E-state index is 12.7. The Morgan fingerprint density at radius 1 is 1.35 bits per heavy atom. The Balaban J connectivity index is 2.10. The van der Waals surface area contributed by atoms with Crippen LogP contribution < -0.4 is 0 Å². The molecule has 0 bridgehead atoms. The van der Waals surface area contributed by atoms with Crippen LogP contribution in [0.15, 0.2) is 46.6 Å². The molecule has 0 saturated heterocycles. The average Bonchev–Trinajstić information content (AvgIpc) is 2.78. The maximum Gasteiger partial charge on any atom is 0.302 e. The molecule has 1 heterocycles. The standard InChI is InChI=1S/C22H32O3S/c1-15(9-10-20-16(2)8-7-11-22(20,5)6)12-19-13-17(3)21(26(19)24)14-25-18(4)23/h9-10,12-13,19,21H,7-8,11,14H2,1-6H3/b10-9+,15-12+. The summed E-state index contributed by atoms with van der Waals surface area (Å²) in [5, 5.41) is -0.311. The fourth-order valence-corrected chi connectivity index (χ4v) is 5.58. The van der Waals surface area contributed by atoms with Crippen molar-refractivity contribution in [2.45, 2.75) is 71.3 Å². The third-order valence-electron chi connectivity index (χ3n) is 5.40. The number of hydrogen-bond acceptors (Lipinski definition) is 3. The van der Waals surface area contributed by atoms with Crippen molar-refractivity contribution in [3.63, 3.8) is 0 Å². The highest BCUT2D eigenvalue weighted by atomic mass is 32.2. The molecule has 0 aromatic heterocycles. The van der Waals surface area contributed by atoms with Crippen molar-refractivity contribution in [2.75, 3.05) is 6.61 Å². The van der Waals surface area contributed by atoms with Gasteiger partial charge in [-0.05, 0) is 51.0 Å². The Morgan fingerprint density at radius 3 is 2.65 bits per heavy atom. The molecule has 0 amide bonds. The molecule has 0 spiro atoms. The maximum absolute atomic E-state index is 12.7. The number of rotatable bonds is 5. The predicted octanol–water partition coefficient (Wildman–Crippen LogP) is 5.02. The number of carbonyl (C=O) groups excluding carboxylic acids is 1. The highest BCUT2D eigenvalue weighted by molar-refractivity contribution is 7.87. The summed E-state index contributed by atoms with van der Waals surface area (Å²) in [6, 6.07) is 0. The summed E-state index contributed by atoms with van der Waals surface area (Å²) in [7, 11) is -1.09. The summed E-state index contributed by atoms with van der Waals surface area (Å²) in [6.45, 7) is 12.5. The van der Waals surface area contributed by atoms with E-state index >= 15 is 0 Å². The van der Waals surface area contributed by atoms with Crippen LogP contribution in [0.3, 0.4) is 0 Å². The van der Waals surface area contributed by atoms with E-state index < -0.39 is 10.8 Å². The van der Waals surface area contributed by atoms with Gasteiger partial charge < -0.3 is 4.74 Å². The molecular weight excluding hydrogens is 344 g/mol. The van der Waals surface area contributed by atoms with Gasteiger partial charge in [-0.1, -0.05) is 54.9 Å². The average molecular weight is 377 g/mol. The molecule has 144 valence electrons. The minimum Gasteiger partial charge on any atom is -0.464 e. The first-order valence-corrected chi connectivity index (χ1v) is 10.7. The van der Waals surface area contributed by atoms with Gasteiger partial charge in [0.05, 0.1) is 10.5 Å². The molecule has 26 heavy (non-hydrogen) atoms. The van der Waals surface area contributed by atoms with Gasteiger partial charge in [0.1, 0.15) is 6.61 Å². The molecule has 3 unspecified atom stereocenters. The van der Waals surface area contributed by atoms with Gasteiger partial charge in [0.2, 0.25) is 0 Å². The van der Waals surface area contributed by atoms with Crippen molar-refractivity contribution >= 4 is 16.8 Å². The monoisotopic (exact) mass is 376 g/mol. The van der Waals surface area contributed by atoms with Crippen molar-refractivity contribution in [3.8, 4) is 0 Å². The van der Waals surface area contributed by atoms with E-state index in [2.05, 4.69) is 45.9 Å². The van der Waals surface area contributed by atoms with E-state index in [1.807, 2.05) is 13.0 Å². The molecule has 4 heteroatoms. The van der Waals surface area contributed by atoms with Crippen molar-refractivity contribution in [3.05, 3.63) is 46.6 Å². The molecule has 1 aliphatic heterocycles. The number of esters is 1. The van der Waals surface area contributed by atoms with Crippen LogP contribution in [0.2, 0.25) is 0 Å². The van der Waals surface area contributed by atoms with Crippen molar-refractivity contribution in [1.82, 2.24) is 0 Å². The van der Waals surface area contributed by atoms with Crippen LogP contribution in [-0.2, 0) is 20.3 Å². The van der Waals surface area contributed by atoms with Gasteiger partial charge in [0, 0.05) is 17.7 Å². The van der Waals surface area contributed by atoms with Crippen molar-refractivity contribution < 1.29 is 13.7 Å². The van der Waals surface area contributed by atoms with Crippen LogP contribution in [0.4, 0.5) is 0 Å². The third kappa shape index (κ3) is 5.06. The smallest absolute Gasteiger partial charge is 0.302 e. The van der Waals surface area contributed by atoms with Crippen molar-refractivity contribution in [2.24, 2.45) is 5.41 Å². The van der Waals surface area contributed by atoms with Gasteiger partial charge in [-0.2, -0.15) is 0 Å². The Hall–Kier alpha value is -1.42. The summed E-state index contributed by atoms with van der Waals surface area (Å²) in [6.07, 6.45) is 12.2. The molecule has 2 aliphatic rings. The van der Waals surface area contributed by atoms with Crippen molar-refractivity contribution in [1.29, 1.82) is 0 Å². The van der Waals surface area contributed by atoms with Crippen LogP contribution in [0, 0.1) is 5.41 Å². The highest BCUT2D eigenvalue weighted by Crippen LogP contribution is 2.40. The van der Waals surface area contributed by atoms with E-state index in [1.165, 1.54) is 37.3 Å². The number of allylic oxidation sites excluding steroid dienone is 5. The second-order valence-corrected chi connectivity index (χ2v) is 9.94. The van der Waals surface area contributed by atoms with Gasteiger partial charge in [0.15, 0.2) is 0 Å². The molecule has 0 saturated carbocycles. The van der Waals surface area contributed by atoms with Gasteiger partial charge in [-0.25, -0.2) is 0 Å². The zero-order valence-corrected chi connectivity index (χ0v) is 17.7. The van der Waals surface area contributed by atoms with E-state index in [0.717, 1.165) is 11.1 Å². The fourth-order valence-electron chi connectivity index (χ4n) is 3.85. The van der Waals surface area contributed by atoms with Gasteiger partial charge >= 0.3 is 5.97 Å². The minimum absolute atomic E-state index is 0.116.